The van der Waals surface area contributed by atoms with Crippen LogP contribution in [-0.2, 0) is 5.41 Å². The van der Waals surface area contributed by atoms with E-state index in [1.165, 1.54) is 0 Å². The molecule has 1 aromatic carbocycles. The summed E-state index contributed by atoms with van der Waals surface area (Å²) in [6.45, 7) is 0. The first kappa shape index (κ1) is 9.49. The minimum Gasteiger partial charge on any atom is -0.290 e. The average molecular weight is 211 g/mol. The van der Waals surface area contributed by atoms with Crippen LogP contribution in [0, 0.1) is 5.41 Å². The van der Waals surface area contributed by atoms with Gasteiger partial charge in [-0.25, -0.2) is 0 Å². The van der Waals surface area contributed by atoms with Gasteiger partial charge in [-0.15, -0.1) is 0 Å². The Hall–Kier alpha value is -1.06. The van der Waals surface area contributed by atoms with Crippen LogP contribution in [0.1, 0.15) is 18.4 Å². The number of hydroxylamine groups is 1. The third kappa shape index (κ3) is 1.38. The molecule has 1 fully saturated rings. The number of nitrogens with one attached hydrogen (secondary N) is 2. The van der Waals surface area contributed by atoms with Crippen molar-refractivity contribution in [2.45, 2.75) is 18.3 Å². The zero-order chi connectivity index (χ0) is 10.2. The van der Waals surface area contributed by atoms with Crippen molar-refractivity contribution in [3.8, 4) is 0 Å². The van der Waals surface area contributed by atoms with Crippen LogP contribution in [0.5, 0.6) is 0 Å². The maximum Gasteiger partial charge on any atom is 0.128 e. The Bertz CT molecular complexity index is 374. The topological polar surface area (TPSA) is 56.1 Å². The molecule has 1 aliphatic carbocycles. The van der Waals surface area contributed by atoms with Gasteiger partial charge in [-0.3, -0.25) is 16.1 Å². The fourth-order valence-corrected chi connectivity index (χ4v) is 1.89. The Morgan fingerprint density at radius 2 is 2.21 bits per heavy atom. The van der Waals surface area contributed by atoms with Gasteiger partial charge in [0.05, 0.1) is 5.41 Å². The summed E-state index contributed by atoms with van der Waals surface area (Å²) in [6.07, 6.45) is 1.78. The Morgan fingerprint density at radius 3 is 2.71 bits per heavy atom. The molecule has 0 atom stereocenters. The lowest BCUT2D eigenvalue weighted by Gasteiger charge is -2.15. The van der Waals surface area contributed by atoms with Gasteiger partial charge in [0.1, 0.15) is 5.84 Å². The normalized spacial score (nSPS) is 17.6. The molecule has 1 saturated carbocycles. The largest absolute Gasteiger partial charge is 0.290 e. The van der Waals surface area contributed by atoms with Gasteiger partial charge in [0.15, 0.2) is 0 Å². The van der Waals surface area contributed by atoms with Crippen LogP contribution in [-0.4, -0.2) is 11.0 Å². The molecule has 0 saturated heterocycles. The van der Waals surface area contributed by atoms with Crippen molar-refractivity contribution in [3.05, 3.63) is 34.9 Å². The highest BCUT2D eigenvalue weighted by atomic mass is 35.5. The highest BCUT2D eigenvalue weighted by molar-refractivity contribution is 6.30. The fraction of sp³-hybridized carbons (Fsp3) is 0.300. The van der Waals surface area contributed by atoms with Crippen molar-refractivity contribution in [3.63, 3.8) is 0 Å². The molecule has 74 valence electrons. The van der Waals surface area contributed by atoms with Crippen molar-refractivity contribution in [1.82, 2.24) is 5.48 Å². The van der Waals surface area contributed by atoms with E-state index in [1.54, 1.807) is 6.07 Å². The number of hydrogen-bond donors (Lipinski definition) is 3. The van der Waals surface area contributed by atoms with E-state index in [2.05, 4.69) is 0 Å². The molecule has 4 heteroatoms. The SMILES string of the molecule is N=C(NO)C1(c2cccc(Cl)c2)CC1. The van der Waals surface area contributed by atoms with Crippen molar-refractivity contribution in [1.29, 1.82) is 5.41 Å². The van der Waals surface area contributed by atoms with Crippen LogP contribution in [0.2, 0.25) is 5.02 Å². The van der Waals surface area contributed by atoms with Crippen molar-refractivity contribution in [2.75, 3.05) is 0 Å². The number of benzene rings is 1. The first-order valence-electron chi connectivity index (χ1n) is 4.44. The van der Waals surface area contributed by atoms with Crippen LogP contribution in [0.15, 0.2) is 24.3 Å². The molecule has 3 N–H and O–H groups in total. The molecule has 0 spiro atoms. The molecule has 0 aliphatic heterocycles. The van der Waals surface area contributed by atoms with Crippen LogP contribution < -0.4 is 5.48 Å². The van der Waals surface area contributed by atoms with Gasteiger partial charge in [-0.2, -0.15) is 0 Å². The highest BCUT2D eigenvalue weighted by Gasteiger charge is 2.48. The van der Waals surface area contributed by atoms with E-state index < -0.39 is 0 Å². The van der Waals surface area contributed by atoms with Crippen LogP contribution in [0.25, 0.3) is 0 Å². The quantitative estimate of drug-likeness (QED) is 0.399. The number of amidine groups is 1. The van der Waals surface area contributed by atoms with Gasteiger partial charge in [0.2, 0.25) is 0 Å². The van der Waals surface area contributed by atoms with E-state index in [0.29, 0.717) is 5.02 Å². The zero-order valence-electron chi connectivity index (χ0n) is 7.55. The third-order valence-corrected chi connectivity index (χ3v) is 2.95. The van der Waals surface area contributed by atoms with Crippen molar-refractivity contribution in [2.24, 2.45) is 0 Å². The molecule has 0 heterocycles. The highest BCUT2D eigenvalue weighted by Crippen LogP contribution is 2.48. The van der Waals surface area contributed by atoms with Gasteiger partial charge >= 0.3 is 0 Å². The molecular formula is C10H11ClN2O. The molecule has 0 aromatic heterocycles. The molecule has 14 heavy (non-hydrogen) atoms. The predicted molar refractivity (Wildman–Crippen MR) is 55.0 cm³/mol. The summed E-state index contributed by atoms with van der Waals surface area (Å²) < 4.78 is 0. The molecule has 0 unspecified atom stereocenters. The Morgan fingerprint density at radius 1 is 1.50 bits per heavy atom. The Kier molecular flexibility index (Phi) is 2.21. The lowest BCUT2D eigenvalue weighted by atomic mass is 9.95. The summed E-state index contributed by atoms with van der Waals surface area (Å²) in [7, 11) is 0. The lowest BCUT2D eigenvalue weighted by molar-refractivity contribution is 0.228. The second-order valence-electron chi connectivity index (χ2n) is 3.58. The summed E-state index contributed by atoms with van der Waals surface area (Å²) >= 11 is 5.87. The summed E-state index contributed by atoms with van der Waals surface area (Å²) in [5, 5.41) is 17.0. The van der Waals surface area contributed by atoms with Crippen LogP contribution >= 0.6 is 11.6 Å². The van der Waals surface area contributed by atoms with E-state index >= 15 is 0 Å². The second-order valence-corrected chi connectivity index (χ2v) is 4.02. The fourth-order valence-electron chi connectivity index (χ4n) is 1.70. The Labute approximate surface area is 87.2 Å². The standard InChI is InChI=1S/C10H11ClN2O/c11-8-3-1-2-7(6-8)10(4-5-10)9(12)13-14/h1-3,6,14H,4-5H2,(H2,12,13). The summed E-state index contributed by atoms with van der Waals surface area (Å²) in [5.41, 5.74) is 2.60. The first-order chi connectivity index (χ1) is 6.69. The lowest BCUT2D eigenvalue weighted by Crippen LogP contribution is -2.31. The van der Waals surface area contributed by atoms with Crippen molar-refractivity contribution < 1.29 is 5.21 Å². The maximum atomic E-state index is 8.73. The minimum absolute atomic E-state index is 0.153. The number of rotatable bonds is 2. The molecule has 0 bridgehead atoms. The summed E-state index contributed by atoms with van der Waals surface area (Å²) in [6, 6.07) is 7.45. The van der Waals surface area contributed by atoms with Gasteiger partial charge < -0.3 is 0 Å². The Balaban J connectivity index is 2.35. The number of halogens is 1. The monoisotopic (exact) mass is 210 g/mol. The molecule has 1 aromatic rings. The first-order valence-corrected chi connectivity index (χ1v) is 4.82. The summed E-state index contributed by atoms with van der Waals surface area (Å²) in [4.78, 5) is 0. The molecule has 1 aliphatic rings. The van der Waals surface area contributed by atoms with Gasteiger partial charge in [0.25, 0.3) is 0 Å². The van der Waals surface area contributed by atoms with Gasteiger partial charge in [-0.05, 0) is 30.5 Å². The van der Waals surface area contributed by atoms with E-state index in [9.17, 15) is 0 Å². The summed E-state index contributed by atoms with van der Waals surface area (Å²) in [5.74, 6) is 0.153. The molecule has 0 amide bonds. The van der Waals surface area contributed by atoms with Crippen LogP contribution in [0.4, 0.5) is 0 Å². The smallest absolute Gasteiger partial charge is 0.128 e. The maximum absolute atomic E-state index is 8.73. The van der Waals surface area contributed by atoms with E-state index in [-0.39, 0.29) is 11.3 Å². The van der Waals surface area contributed by atoms with Gasteiger partial charge in [0, 0.05) is 5.02 Å². The van der Waals surface area contributed by atoms with E-state index in [4.69, 9.17) is 22.2 Å². The predicted octanol–water partition coefficient (Wildman–Crippen LogP) is 2.33. The molecular weight excluding hydrogens is 200 g/mol. The van der Waals surface area contributed by atoms with Crippen LogP contribution in [0.3, 0.4) is 0 Å². The zero-order valence-corrected chi connectivity index (χ0v) is 8.30. The van der Waals surface area contributed by atoms with Gasteiger partial charge in [-0.1, -0.05) is 23.7 Å². The molecule has 3 nitrogen and oxygen atoms in total. The van der Waals surface area contributed by atoms with E-state index in [0.717, 1.165) is 18.4 Å². The molecule has 0 radical (unpaired) electrons. The third-order valence-electron chi connectivity index (χ3n) is 2.72. The molecule has 2 rings (SSSR count). The minimum atomic E-state index is -0.320. The van der Waals surface area contributed by atoms with Crippen molar-refractivity contribution >= 4 is 17.4 Å². The second kappa shape index (κ2) is 3.26. The average Bonchev–Trinajstić information content (AvgIpc) is 2.97. The number of hydrogen-bond acceptors (Lipinski definition) is 2. The van der Waals surface area contributed by atoms with E-state index in [1.807, 2.05) is 23.7 Å².